The van der Waals surface area contributed by atoms with Gasteiger partial charge in [-0.2, -0.15) is 13.2 Å². The summed E-state index contributed by atoms with van der Waals surface area (Å²) in [6.07, 6.45) is -0.568. The number of nitrogens with zero attached hydrogens (tertiary/aromatic N) is 2. The summed E-state index contributed by atoms with van der Waals surface area (Å²) in [5.41, 5.74) is 11.8. The van der Waals surface area contributed by atoms with Crippen molar-refractivity contribution in [1.29, 1.82) is 0 Å². The second kappa shape index (κ2) is 6.58. The van der Waals surface area contributed by atoms with Gasteiger partial charge < -0.3 is 15.6 Å². The standard InChI is InChI=1S/C20H21F3N6/c1-29-9-7-13-10-14(5-6-16(13)29)20(25)27-12-17(19(21,22)23)18(24,28-20)11-15-4-2-3-8-26-15/h2-10,12,27-28H,11,24-25H2,1H3. The zero-order chi connectivity index (χ0) is 20.9. The number of nitrogens with one attached hydrogen (secondary N) is 2. The Labute approximate surface area is 165 Å². The van der Waals surface area contributed by atoms with E-state index >= 15 is 0 Å². The molecule has 0 radical (unpaired) electrons. The number of hydrogen-bond acceptors (Lipinski definition) is 5. The predicted octanol–water partition coefficient (Wildman–Crippen LogP) is 2.18. The SMILES string of the molecule is Cn1ccc2cc(C3(N)NC=C(C(F)(F)F)C(N)(Cc4ccccn4)N3)ccc21. The molecule has 2 aromatic heterocycles. The minimum absolute atomic E-state index is 0.187. The van der Waals surface area contributed by atoms with E-state index in [1.807, 2.05) is 36.0 Å². The van der Waals surface area contributed by atoms with Gasteiger partial charge in [0.1, 0.15) is 5.66 Å². The molecular weight excluding hydrogens is 381 g/mol. The molecule has 0 spiro atoms. The lowest BCUT2D eigenvalue weighted by molar-refractivity contribution is -0.108. The molecule has 0 saturated carbocycles. The second-order valence-corrected chi connectivity index (χ2v) is 7.30. The van der Waals surface area contributed by atoms with Crippen LogP contribution in [0.15, 0.2) is 66.6 Å². The van der Waals surface area contributed by atoms with Crippen LogP contribution in [0.4, 0.5) is 13.2 Å². The monoisotopic (exact) mass is 402 g/mol. The Bertz CT molecular complexity index is 1070. The van der Waals surface area contributed by atoms with Crippen molar-refractivity contribution < 1.29 is 13.2 Å². The molecule has 6 nitrogen and oxygen atoms in total. The van der Waals surface area contributed by atoms with Crippen molar-refractivity contribution in [2.24, 2.45) is 18.5 Å². The van der Waals surface area contributed by atoms with Gasteiger partial charge in [0.25, 0.3) is 0 Å². The number of halogens is 3. The maximum absolute atomic E-state index is 13.7. The van der Waals surface area contributed by atoms with Gasteiger partial charge in [0, 0.05) is 54.2 Å². The van der Waals surface area contributed by atoms with Gasteiger partial charge in [-0.15, -0.1) is 0 Å². The van der Waals surface area contributed by atoms with Crippen LogP contribution in [0.2, 0.25) is 0 Å². The van der Waals surface area contributed by atoms with E-state index in [0.717, 1.165) is 17.1 Å². The molecule has 3 aromatic rings. The topological polar surface area (TPSA) is 93.9 Å². The Morgan fingerprint density at radius 1 is 1.14 bits per heavy atom. The quantitative estimate of drug-likeness (QED) is 0.539. The van der Waals surface area contributed by atoms with Crippen molar-refractivity contribution in [3.63, 3.8) is 0 Å². The first-order chi connectivity index (χ1) is 13.6. The second-order valence-electron chi connectivity index (χ2n) is 7.30. The van der Waals surface area contributed by atoms with E-state index in [-0.39, 0.29) is 6.42 Å². The van der Waals surface area contributed by atoms with Crippen LogP contribution in [0.5, 0.6) is 0 Å². The summed E-state index contributed by atoms with van der Waals surface area (Å²) in [5.74, 6) is -1.50. The van der Waals surface area contributed by atoms with Crippen LogP contribution in [0, 0.1) is 0 Å². The maximum Gasteiger partial charge on any atom is 0.417 e. The van der Waals surface area contributed by atoms with Crippen LogP contribution in [-0.4, -0.2) is 21.4 Å². The number of benzene rings is 1. The van der Waals surface area contributed by atoms with Crippen molar-refractivity contribution in [2.45, 2.75) is 24.0 Å². The molecule has 6 N–H and O–H groups in total. The number of rotatable bonds is 3. The minimum atomic E-state index is -4.64. The van der Waals surface area contributed by atoms with Gasteiger partial charge in [0.05, 0.1) is 5.57 Å². The van der Waals surface area contributed by atoms with E-state index in [9.17, 15) is 13.2 Å². The fourth-order valence-electron chi connectivity index (χ4n) is 3.72. The average molecular weight is 402 g/mol. The molecule has 0 amide bonds. The van der Waals surface area contributed by atoms with Crippen molar-refractivity contribution >= 4 is 10.9 Å². The Kier molecular flexibility index (Phi) is 4.41. The highest BCUT2D eigenvalue weighted by atomic mass is 19.4. The first-order valence-corrected chi connectivity index (χ1v) is 8.99. The first kappa shape index (κ1) is 19.4. The summed E-state index contributed by atoms with van der Waals surface area (Å²) in [7, 11) is 1.91. The normalized spacial score (nSPS) is 25.0. The zero-order valence-corrected chi connectivity index (χ0v) is 15.7. The van der Waals surface area contributed by atoms with Gasteiger partial charge >= 0.3 is 6.18 Å². The maximum atomic E-state index is 13.7. The third kappa shape index (κ3) is 3.48. The van der Waals surface area contributed by atoms with Gasteiger partial charge in [-0.1, -0.05) is 12.1 Å². The number of fused-ring (bicyclic) bond motifs is 1. The number of aromatic nitrogens is 2. The molecule has 1 aliphatic heterocycles. The zero-order valence-electron chi connectivity index (χ0n) is 15.7. The number of aryl methyl sites for hydroxylation is 1. The molecule has 2 unspecified atom stereocenters. The van der Waals surface area contributed by atoms with Crippen molar-refractivity contribution in [2.75, 3.05) is 0 Å². The lowest BCUT2D eigenvalue weighted by atomic mass is 9.90. The molecule has 0 saturated heterocycles. The first-order valence-electron chi connectivity index (χ1n) is 8.99. The smallest absolute Gasteiger partial charge is 0.357 e. The third-order valence-corrected chi connectivity index (χ3v) is 5.18. The molecule has 152 valence electrons. The average Bonchev–Trinajstić information content (AvgIpc) is 3.01. The Hall–Kier alpha value is -2.88. The fraction of sp³-hybridized carbons (Fsp3) is 0.250. The van der Waals surface area contributed by atoms with Crippen molar-refractivity contribution in [3.8, 4) is 0 Å². The van der Waals surface area contributed by atoms with E-state index < -0.39 is 23.2 Å². The summed E-state index contributed by atoms with van der Waals surface area (Å²) in [5, 5.41) is 6.38. The van der Waals surface area contributed by atoms with Gasteiger partial charge in [0.2, 0.25) is 0 Å². The summed E-state index contributed by atoms with van der Waals surface area (Å²) in [6.45, 7) is 0. The van der Waals surface area contributed by atoms with Crippen molar-refractivity contribution in [3.05, 3.63) is 77.9 Å². The summed E-state index contributed by atoms with van der Waals surface area (Å²) in [4.78, 5) is 4.12. The number of alkyl halides is 3. The number of hydrogen-bond donors (Lipinski definition) is 4. The van der Waals surface area contributed by atoms with E-state index in [0.29, 0.717) is 11.3 Å². The van der Waals surface area contributed by atoms with Crippen LogP contribution in [0.3, 0.4) is 0 Å². The molecule has 2 atom stereocenters. The molecule has 0 aliphatic carbocycles. The molecule has 29 heavy (non-hydrogen) atoms. The highest BCUT2D eigenvalue weighted by molar-refractivity contribution is 5.81. The summed E-state index contributed by atoms with van der Waals surface area (Å²) in [6, 6.07) is 12.4. The highest BCUT2D eigenvalue weighted by Gasteiger charge is 2.52. The fourth-order valence-corrected chi connectivity index (χ4v) is 3.72. The van der Waals surface area contributed by atoms with E-state index in [2.05, 4.69) is 15.6 Å². The lowest BCUT2D eigenvalue weighted by Crippen LogP contribution is -2.75. The van der Waals surface area contributed by atoms with E-state index in [1.54, 1.807) is 24.3 Å². The van der Waals surface area contributed by atoms with Crippen LogP contribution in [-0.2, 0) is 19.3 Å². The molecular formula is C20H21F3N6. The van der Waals surface area contributed by atoms with Gasteiger partial charge in [-0.3, -0.25) is 16.0 Å². The molecule has 4 rings (SSSR count). The van der Waals surface area contributed by atoms with E-state index in [1.165, 1.54) is 6.20 Å². The summed E-state index contributed by atoms with van der Waals surface area (Å²) < 4.78 is 43.1. The highest BCUT2D eigenvalue weighted by Crippen LogP contribution is 2.37. The molecule has 0 fully saturated rings. The molecule has 1 aliphatic rings. The lowest BCUT2D eigenvalue weighted by Gasteiger charge is -2.46. The molecule has 0 bridgehead atoms. The van der Waals surface area contributed by atoms with Gasteiger partial charge in [0.15, 0.2) is 5.79 Å². The van der Waals surface area contributed by atoms with Gasteiger partial charge in [-0.05, 0) is 30.3 Å². The molecule has 3 heterocycles. The number of pyridine rings is 1. The predicted molar refractivity (Wildman–Crippen MR) is 104 cm³/mol. The van der Waals surface area contributed by atoms with Crippen LogP contribution in [0.1, 0.15) is 11.3 Å². The van der Waals surface area contributed by atoms with Gasteiger partial charge in [-0.25, -0.2) is 0 Å². The molecule has 9 heteroatoms. The Balaban J connectivity index is 1.76. The Morgan fingerprint density at radius 3 is 2.62 bits per heavy atom. The van der Waals surface area contributed by atoms with Crippen LogP contribution in [0.25, 0.3) is 10.9 Å². The van der Waals surface area contributed by atoms with Crippen molar-refractivity contribution in [1.82, 2.24) is 20.2 Å². The minimum Gasteiger partial charge on any atom is -0.357 e. The van der Waals surface area contributed by atoms with Crippen LogP contribution < -0.4 is 22.1 Å². The van der Waals surface area contributed by atoms with Crippen LogP contribution >= 0.6 is 0 Å². The Morgan fingerprint density at radius 2 is 1.93 bits per heavy atom. The van der Waals surface area contributed by atoms with E-state index in [4.69, 9.17) is 11.5 Å². The summed E-state index contributed by atoms with van der Waals surface area (Å²) >= 11 is 0. The molecule has 1 aromatic carbocycles. The third-order valence-electron chi connectivity index (χ3n) is 5.18. The largest absolute Gasteiger partial charge is 0.417 e. The number of nitrogens with two attached hydrogens (primary N) is 2.